The molecule has 0 heterocycles. The molecule has 8 heteroatoms. The number of carbonyl (C=O) groups excluding carboxylic acids is 1. The van der Waals surface area contributed by atoms with Gasteiger partial charge in [0.25, 0.3) is 5.91 Å². The van der Waals surface area contributed by atoms with Crippen LogP contribution >= 0.6 is 27.5 Å². The summed E-state index contributed by atoms with van der Waals surface area (Å²) in [5, 5.41) is 2.40. The Morgan fingerprint density at radius 1 is 1.23 bits per heavy atom. The Bertz CT molecular complexity index is 855. The minimum atomic E-state index is -3.57. The van der Waals surface area contributed by atoms with E-state index in [9.17, 15) is 17.6 Å². The minimum Gasteiger partial charge on any atom is -0.319 e. The van der Waals surface area contributed by atoms with Gasteiger partial charge in [0.05, 0.1) is 15.6 Å². The van der Waals surface area contributed by atoms with Gasteiger partial charge in [-0.15, -0.1) is 0 Å². The highest BCUT2D eigenvalue weighted by Gasteiger charge is 2.16. The molecule has 4 nitrogen and oxygen atoms in total. The van der Waals surface area contributed by atoms with Crippen molar-refractivity contribution in [1.29, 1.82) is 0 Å². The van der Waals surface area contributed by atoms with Gasteiger partial charge in [-0.05, 0) is 36.4 Å². The molecule has 0 aromatic heterocycles. The van der Waals surface area contributed by atoms with Crippen molar-refractivity contribution < 1.29 is 17.6 Å². The number of anilines is 1. The Hall–Kier alpha value is -1.44. The summed E-state index contributed by atoms with van der Waals surface area (Å²) in [6.07, 6.45) is 0.990. The molecule has 116 valence electrons. The molecule has 0 spiro atoms. The van der Waals surface area contributed by atoms with E-state index in [4.69, 9.17) is 11.6 Å². The molecule has 0 atom stereocenters. The Labute approximate surface area is 140 Å². The first kappa shape index (κ1) is 16.9. The van der Waals surface area contributed by atoms with Gasteiger partial charge in [0.15, 0.2) is 9.84 Å². The third-order valence-corrected chi connectivity index (χ3v) is 4.84. The Kier molecular flexibility index (Phi) is 4.89. The van der Waals surface area contributed by atoms with Crippen molar-refractivity contribution >= 4 is 49.0 Å². The molecule has 0 aliphatic carbocycles. The van der Waals surface area contributed by atoms with Gasteiger partial charge in [0, 0.05) is 16.3 Å². The topological polar surface area (TPSA) is 63.2 Å². The van der Waals surface area contributed by atoms with Crippen LogP contribution in [0.3, 0.4) is 0 Å². The van der Waals surface area contributed by atoms with Gasteiger partial charge < -0.3 is 5.32 Å². The SMILES string of the molecule is CS(=O)(=O)c1cc(C(=O)Nc2ccc(Br)cc2F)ccc1Cl. The summed E-state index contributed by atoms with van der Waals surface area (Å²) in [7, 11) is -3.57. The molecule has 0 aliphatic rings. The Morgan fingerprint density at radius 3 is 2.50 bits per heavy atom. The van der Waals surface area contributed by atoms with E-state index in [1.54, 1.807) is 6.07 Å². The summed E-state index contributed by atoms with van der Waals surface area (Å²) in [5.41, 5.74) is 0.0520. The van der Waals surface area contributed by atoms with E-state index in [-0.39, 0.29) is 21.2 Å². The molecule has 2 rings (SSSR count). The molecule has 0 fully saturated rings. The fourth-order valence-corrected chi connectivity index (χ4v) is 3.35. The zero-order valence-electron chi connectivity index (χ0n) is 11.2. The average Bonchev–Trinajstić information content (AvgIpc) is 2.41. The second-order valence-corrected chi connectivity index (χ2v) is 7.80. The quantitative estimate of drug-likeness (QED) is 0.841. The van der Waals surface area contributed by atoms with E-state index in [1.807, 2.05) is 0 Å². The molecule has 2 aromatic carbocycles. The smallest absolute Gasteiger partial charge is 0.255 e. The van der Waals surface area contributed by atoms with Gasteiger partial charge in [-0.25, -0.2) is 12.8 Å². The van der Waals surface area contributed by atoms with E-state index in [2.05, 4.69) is 21.2 Å². The number of hydrogen-bond donors (Lipinski definition) is 1. The maximum atomic E-state index is 13.7. The lowest BCUT2D eigenvalue weighted by atomic mass is 10.2. The zero-order chi connectivity index (χ0) is 16.5. The van der Waals surface area contributed by atoms with Crippen molar-refractivity contribution in [2.24, 2.45) is 0 Å². The molecule has 22 heavy (non-hydrogen) atoms. The van der Waals surface area contributed by atoms with Gasteiger partial charge >= 0.3 is 0 Å². The largest absolute Gasteiger partial charge is 0.319 e. The standard InChI is InChI=1S/C14H10BrClFNO3S/c1-22(20,21)13-6-8(2-4-10(13)16)14(19)18-12-5-3-9(15)7-11(12)17/h2-7H,1H3,(H,18,19). The molecule has 0 aliphatic heterocycles. The van der Waals surface area contributed by atoms with E-state index >= 15 is 0 Å². The number of sulfone groups is 1. The van der Waals surface area contributed by atoms with E-state index < -0.39 is 21.6 Å². The first-order valence-electron chi connectivity index (χ1n) is 5.94. The first-order valence-corrected chi connectivity index (χ1v) is 9.01. The van der Waals surface area contributed by atoms with Crippen LogP contribution in [-0.4, -0.2) is 20.6 Å². The highest BCUT2D eigenvalue weighted by atomic mass is 79.9. The molecule has 1 N–H and O–H groups in total. The van der Waals surface area contributed by atoms with Crippen LogP contribution < -0.4 is 5.32 Å². The summed E-state index contributed by atoms with van der Waals surface area (Å²) in [6.45, 7) is 0. The van der Waals surface area contributed by atoms with Crippen LogP contribution in [0.15, 0.2) is 45.8 Å². The Balaban J connectivity index is 2.34. The second-order valence-electron chi connectivity index (χ2n) is 4.50. The predicted molar refractivity (Wildman–Crippen MR) is 86.6 cm³/mol. The molecule has 0 saturated heterocycles. The number of nitrogens with one attached hydrogen (secondary N) is 1. The number of rotatable bonds is 3. The van der Waals surface area contributed by atoms with Gasteiger partial charge in [-0.2, -0.15) is 0 Å². The number of halogens is 3. The van der Waals surface area contributed by atoms with Crippen molar-refractivity contribution in [3.63, 3.8) is 0 Å². The zero-order valence-corrected chi connectivity index (χ0v) is 14.4. The summed E-state index contributed by atoms with van der Waals surface area (Å²) in [4.78, 5) is 12.0. The van der Waals surface area contributed by atoms with Crippen molar-refractivity contribution in [2.45, 2.75) is 4.90 Å². The molecule has 0 unspecified atom stereocenters. The lowest BCUT2D eigenvalue weighted by molar-refractivity contribution is 0.102. The highest BCUT2D eigenvalue weighted by Crippen LogP contribution is 2.24. The maximum absolute atomic E-state index is 13.7. The third kappa shape index (κ3) is 3.85. The van der Waals surface area contributed by atoms with Crippen molar-refractivity contribution in [3.8, 4) is 0 Å². The number of hydrogen-bond acceptors (Lipinski definition) is 3. The van der Waals surface area contributed by atoms with E-state index in [0.29, 0.717) is 4.47 Å². The molecular weight excluding hydrogens is 397 g/mol. The van der Waals surface area contributed by atoms with E-state index in [1.165, 1.54) is 24.3 Å². The van der Waals surface area contributed by atoms with Crippen LogP contribution in [0, 0.1) is 5.82 Å². The molecule has 0 bridgehead atoms. The maximum Gasteiger partial charge on any atom is 0.255 e. The number of amides is 1. The lowest BCUT2D eigenvalue weighted by Gasteiger charge is -2.08. The predicted octanol–water partition coefficient (Wildman–Crippen LogP) is 3.90. The van der Waals surface area contributed by atoms with Crippen LogP contribution in [-0.2, 0) is 9.84 Å². The first-order chi connectivity index (χ1) is 10.2. The molecule has 0 radical (unpaired) electrons. The van der Waals surface area contributed by atoms with Crippen LogP contribution in [0.2, 0.25) is 5.02 Å². The molecule has 1 amide bonds. The van der Waals surface area contributed by atoms with Gasteiger partial charge in [0.2, 0.25) is 0 Å². The van der Waals surface area contributed by atoms with Crippen LogP contribution in [0.5, 0.6) is 0 Å². The lowest BCUT2D eigenvalue weighted by Crippen LogP contribution is -2.14. The monoisotopic (exact) mass is 405 g/mol. The normalized spacial score (nSPS) is 11.3. The fourth-order valence-electron chi connectivity index (χ4n) is 1.71. The summed E-state index contributed by atoms with van der Waals surface area (Å²) in [5.74, 6) is -1.25. The second kappa shape index (κ2) is 6.36. The van der Waals surface area contributed by atoms with Crippen LogP contribution in [0.4, 0.5) is 10.1 Å². The van der Waals surface area contributed by atoms with Crippen molar-refractivity contribution in [2.75, 3.05) is 11.6 Å². The summed E-state index contributed by atoms with van der Waals surface area (Å²) >= 11 is 8.92. The van der Waals surface area contributed by atoms with Crippen molar-refractivity contribution in [1.82, 2.24) is 0 Å². The number of carbonyl (C=O) groups is 1. The average molecular weight is 407 g/mol. The summed E-state index contributed by atoms with van der Waals surface area (Å²) < 4.78 is 37.4. The van der Waals surface area contributed by atoms with Gasteiger partial charge in [-0.3, -0.25) is 4.79 Å². The molecule has 2 aromatic rings. The minimum absolute atomic E-state index is 0.0101. The molecule has 0 saturated carbocycles. The third-order valence-electron chi connectivity index (χ3n) is 2.77. The van der Waals surface area contributed by atoms with Gasteiger partial charge in [0.1, 0.15) is 5.82 Å². The van der Waals surface area contributed by atoms with Crippen molar-refractivity contribution in [3.05, 3.63) is 57.3 Å². The summed E-state index contributed by atoms with van der Waals surface area (Å²) in [6, 6.07) is 8.00. The fraction of sp³-hybridized carbons (Fsp3) is 0.0714. The van der Waals surface area contributed by atoms with Crippen LogP contribution in [0.25, 0.3) is 0 Å². The highest BCUT2D eigenvalue weighted by molar-refractivity contribution is 9.10. The Morgan fingerprint density at radius 2 is 1.91 bits per heavy atom. The van der Waals surface area contributed by atoms with E-state index in [0.717, 1.165) is 12.3 Å². The number of benzene rings is 2. The molecular formula is C14H10BrClFNO3S. The van der Waals surface area contributed by atoms with Crippen LogP contribution in [0.1, 0.15) is 10.4 Å². The van der Waals surface area contributed by atoms with Gasteiger partial charge in [-0.1, -0.05) is 27.5 Å².